The molecule has 0 spiro atoms. The van der Waals surface area contributed by atoms with Crippen LogP contribution in [0.3, 0.4) is 0 Å². The molecular formula is C11H23NO2S. The molecule has 1 saturated carbocycles. The lowest BCUT2D eigenvalue weighted by atomic mass is 10.1. The van der Waals surface area contributed by atoms with E-state index in [2.05, 4.69) is 5.32 Å². The van der Waals surface area contributed by atoms with E-state index in [1.165, 1.54) is 44.8 Å². The molecule has 0 aromatic rings. The van der Waals surface area contributed by atoms with Gasteiger partial charge in [0.15, 0.2) is 9.84 Å². The van der Waals surface area contributed by atoms with E-state index < -0.39 is 9.84 Å². The van der Waals surface area contributed by atoms with Gasteiger partial charge in [0.2, 0.25) is 0 Å². The van der Waals surface area contributed by atoms with Crippen molar-refractivity contribution in [3.63, 3.8) is 0 Å². The predicted octanol–water partition coefficient (Wildman–Crippen LogP) is 1.73. The maximum Gasteiger partial charge on any atom is 0.151 e. The summed E-state index contributed by atoms with van der Waals surface area (Å²) in [5.41, 5.74) is 0. The van der Waals surface area contributed by atoms with Crippen LogP contribution in [0.4, 0.5) is 0 Å². The minimum absolute atomic E-state index is 0.263. The van der Waals surface area contributed by atoms with Crippen LogP contribution >= 0.6 is 0 Å². The Bertz CT molecular complexity index is 266. The van der Waals surface area contributed by atoms with Crippen LogP contribution in [0.25, 0.3) is 0 Å². The van der Waals surface area contributed by atoms with E-state index in [-0.39, 0.29) is 5.25 Å². The molecule has 0 aromatic carbocycles. The molecule has 1 fully saturated rings. The Morgan fingerprint density at radius 1 is 1.20 bits per heavy atom. The average molecular weight is 233 g/mol. The highest BCUT2D eigenvalue weighted by molar-refractivity contribution is 7.91. The number of sulfone groups is 1. The summed E-state index contributed by atoms with van der Waals surface area (Å²) in [5.74, 6) is 0. The molecule has 1 N–H and O–H groups in total. The predicted molar refractivity (Wildman–Crippen MR) is 63.8 cm³/mol. The molecule has 0 aromatic heterocycles. The van der Waals surface area contributed by atoms with Crippen LogP contribution in [-0.2, 0) is 9.84 Å². The first-order chi connectivity index (χ1) is 7.00. The van der Waals surface area contributed by atoms with Gasteiger partial charge < -0.3 is 5.32 Å². The Labute approximate surface area is 93.6 Å². The highest BCUT2D eigenvalue weighted by Crippen LogP contribution is 2.17. The van der Waals surface area contributed by atoms with E-state index in [9.17, 15) is 8.42 Å². The van der Waals surface area contributed by atoms with E-state index >= 15 is 0 Å². The van der Waals surface area contributed by atoms with Gasteiger partial charge in [0.25, 0.3) is 0 Å². The van der Waals surface area contributed by atoms with Crippen molar-refractivity contribution in [2.75, 3.05) is 12.8 Å². The zero-order valence-corrected chi connectivity index (χ0v) is 10.6. The van der Waals surface area contributed by atoms with Gasteiger partial charge in [0.1, 0.15) is 0 Å². The quantitative estimate of drug-likeness (QED) is 0.752. The molecule has 15 heavy (non-hydrogen) atoms. The van der Waals surface area contributed by atoms with Crippen molar-refractivity contribution in [2.45, 2.75) is 56.7 Å². The van der Waals surface area contributed by atoms with Crippen molar-refractivity contribution >= 4 is 9.84 Å². The first-order valence-corrected chi connectivity index (χ1v) is 7.88. The normalized spacial score (nSPS) is 22.3. The van der Waals surface area contributed by atoms with Crippen LogP contribution in [0.1, 0.15) is 45.4 Å². The van der Waals surface area contributed by atoms with Gasteiger partial charge in [-0.15, -0.1) is 0 Å². The van der Waals surface area contributed by atoms with Crippen LogP contribution in [0, 0.1) is 0 Å². The van der Waals surface area contributed by atoms with Crippen LogP contribution in [0.2, 0.25) is 0 Å². The molecule has 0 amide bonds. The lowest BCUT2D eigenvalue weighted by molar-refractivity contribution is 0.458. The smallest absolute Gasteiger partial charge is 0.151 e. The molecule has 1 aliphatic rings. The van der Waals surface area contributed by atoms with Crippen LogP contribution < -0.4 is 5.32 Å². The SMILES string of the molecule is CC(CNC1CCCCCC1)S(C)(=O)=O. The first kappa shape index (κ1) is 13.0. The lowest BCUT2D eigenvalue weighted by Crippen LogP contribution is -2.37. The van der Waals surface area contributed by atoms with Gasteiger partial charge in [-0.3, -0.25) is 0 Å². The third-order valence-electron chi connectivity index (χ3n) is 3.28. The van der Waals surface area contributed by atoms with Crippen molar-refractivity contribution in [3.05, 3.63) is 0 Å². The first-order valence-electron chi connectivity index (χ1n) is 5.92. The van der Waals surface area contributed by atoms with Gasteiger partial charge in [0.05, 0.1) is 5.25 Å². The summed E-state index contributed by atoms with van der Waals surface area (Å²) in [5, 5.41) is 3.13. The average Bonchev–Trinajstić information content (AvgIpc) is 2.40. The Morgan fingerprint density at radius 2 is 1.73 bits per heavy atom. The lowest BCUT2D eigenvalue weighted by Gasteiger charge is -2.18. The summed E-state index contributed by atoms with van der Waals surface area (Å²) in [6, 6.07) is 0.539. The van der Waals surface area contributed by atoms with Gasteiger partial charge >= 0.3 is 0 Å². The van der Waals surface area contributed by atoms with E-state index in [1.807, 2.05) is 0 Å². The van der Waals surface area contributed by atoms with Crippen molar-refractivity contribution in [2.24, 2.45) is 0 Å². The number of hydrogen-bond donors (Lipinski definition) is 1. The Kier molecular flexibility index (Phi) is 5.06. The van der Waals surface area contributed by atoms with Crippen LogP contribution in [-0.4, -0.2) is 32.5 Å². The molecule has 1 aliphatic carbocycles. The fraction of sp³-hybridized carbons (Fsp3) is 1.00. The van der Waals surface area contributed by atoms with Gasteiger partial charge in [-0.1, -0.05) is 25.7 Å². The van der Waals surface area contributed by atoms with Gasteiger partial charge in [-0.25, -0.2) is 8.42 Å². The standard InChI is InChI=1S/C11H23NO2S/c1-10(15(2,13)14)9-12-11-7-5-3-4-6-8-11/h10-12H,3-9H2,1-2H3. The van der Waals surface area contributed by atoms with Crippen LogP contribution in [0.15, 0.2) is 0 Å². The van der Waals surface area contributed by atoms with Crippen molar-refractivity contribution in [1.82, 2.24) is 5.32 Å². The second kappa shape index (κ2) is 5.85. The molecule has 0 radical (unpaired) electrons. The zero-order chi connectivity index (χ0) is 11.3. The molecule has 3 nitrogen and oxygen atoms in total. The number of hydrogen-bond acceptors (Lipinski definition) is 3. The fourth-order valence-corrected chi connectivity index (χ4v) is 2.37. The summed E-state index contributed by atoms with van der Waals surface area (Å²) in [4.78, 5) is 0. The van der Waals surface area contributed by atoms with Gasteiger partial charge in [-0.05, 0) is 19.8 Å². The number of nitrogens with one attached hydrogen (secondary N) is 1. The molecule has 1 unspecified atom stereocenters. The molecule has 0 heterocycles. The van der Waals surface area contributed by atoms with Gasteiger partial charge in [-0.2, -0.15) is 0 Å². The Balaban J connectivity index is 2.29. The summed E-state index contributed by atoms with van der Waals surface area (Å²) in [6.07, 6.45) is 8.95. The van der Waals surface area contributed by atoms with Crippen molar-refractivity contribution in [3.8, 4) is 0 Å². The minimum atomic E-state index is -2.88. The monoisotopic (exact) mass is 233 g/mol. The Morgan fingerprint density at radius 3 is 2.20 bits per heavy atom. The molecule has 1 rings (SSSR count). The highest BCUT2D eigenvalue weighted by Gasteiger charge is 2.17. The van der Waals surface area contributed by atoms with Crippen molar-refractivity contribution < 1.29 is 8.42 Å². The molecule has 0 aliphatic heterocycles. The Hall–Kier alpha value is -0.0900. The summed E-state index contributed by atoms with van der Waals surface area (Å²) in [7, 11) is -2.88. The van der Waals surface area contributed by atoms with E-state index in [0.29, 0.717) is 12.6 Å². The second-order valence-electron chi connectivity index (χ2n) is 4.74. The van der Waals surface area contributed by atoms with E-state index in [4.69, 9.17) is 0 Å². The van der Waals surface area contributed by atoms with E-state index in [1.54, 1.807) is 6.92 Å². The largest absolute Gasteiger partial charge is 0.313 e. The number of rotatable bonds is 4. The fourth-order valence-electron chi connectivity index (χ4n) is 1.97. The third-order valence-corrected chi connectivity index (χ3v) is 4.91. The molecule has 1 atom stereocenters. The summed E-state index contributed by atoms with van der Waals surface area (Å²) < 4.78 is 22.5. The zero-order valence-electron chi connectivity index (χ0n) is 9.83. The highest BCUT2D eigenvalue weighted by atomic mass is 32.2. The van der Waals surface area contributed by atoms with Crippen molar-refractivity contribution in [1.29, 1.82) is 0 Å². The molecular weight excluding hydrogens is 210 g/mol. The molecule has 0 bridgehead atoms. The second-order valence-corrected chi connectivity index (χ2v) is 7.20. The van der Waals surface area contributed by atoms with Gasteiger partial charge in [0, 0.05) is 18.8 Å². The maximum absolute atomic E-state index is 11.2. The molecule has 90 valence electrons. The minimum Gasteiger partial charge on any atom is -0.313 e. The topological polar surface area (TPSA) is 46.2 Å². The van der Waals surface area contributed by atoms with E-state index in [0.717, 1.165) is 0 Å². The third kappa shape index (κ3) is 4.98. The maximum atomic E-state index is 11.2. The summed E-state index contributed by atoms with van der Waals surface area (Å²) in [6.45, 7) is 2.38. The van der Waals surface area contributed by atoms with Crippen LogP contribution in [0.5, 0.6) is 0 Å². The summed E-state index contributed by atoms with van der Waals surface area (Å²) >= 11 is 0. The molecule has 0 saturated heterocycles. The molecule has 4 heteroatoms.